The van der Waals surface area contributed by atoms with Crippen LogP contribution >= 0.6 is 11.8 Å². The van der Waals surface area contributed by atoms with Crippen LogP contribution in [-0.4, -0.2) is 48.5 Å². The van der Waals surface area contributed by atoms with E-state index in [1.165, 1.54) is 24.9 Å². The predicted molar refractivity (Wildman–Crippen MR) is 107 cm³/mol. The van der Waals surface area contributed by atoms with Gasteiger partial charge in [-0.1, -0.05) is 24.3 Å². The second-order valence-electron chi connectivity index (χ2n) is 5.72. The Kier molecular flexibility index (Phi) is 6.16. The first-order chi connectivity index (χ1) is 13.1. The Labute approximate surface area is 162 Å². The largest absolute Gasteiger partial charge is 0.504 e. The van der Waals surface area contributed by atoms with Gasteiger partial charge in [0.05, 0.1) is 30.9 Å². The predicted octanol–water partition coefficient (Wildman–Crippen LogP) is 3.65. The number of phenolic OH excluding ortho intramolecular Hbond substituents is 1. The van der Waals surface area contributed by atoms with Gasteiger partial charge >= 0.3 is 0 Å². The van der Waals surface area contributed by atoms with Crippen LogP contribution in [0, 0.1) is 0 Å². The van der Waals surface area contributed by atoms with Crippen LogP contribution in [0.2, 0.25) is 0 Å². The summed E-state index contributed by atoms with van der Waals surface area (Å²) in [5.41, 5.74) is 1.54. The highest BCUT2D eigenvalue weighted by Crippen LogP contribution is 2.35. The summed E-state index contributed by atoms with van der Waals surface area (Å²) in [6.07, 6.45) is 1.77. The van der Waals surface area contributed by atoms with E-state index in [-0.39, 0.29) is 11.7 Å². The van der Waals surface area contributed by atoms with Crippen LogP contribution in [0.1, 0.15) is 5.56 Å². The molecule has 27 heavy (non-hydrogen) atoms. The molecule has 0 atom stereocenters. The number of ether oxygens (including phenoxy) is 2. The van der Waals surface area contributed by atoms with Crippen LogP contribution in [0.5, 0.6) is 11.5 Å². The summed E-state index contributed by atoms with van der Waals surface area (Å²) >= 11 is 1.31. The summed E-state index contributed by atoms with van der Waals surface area (Å²) in [4.78, 5) is 19.6. The number of para-hydroxylation sites is 1. The fourth-order valence-corrected chi connectivity index (χ4v) is 3.54. The van der Waals surface area contributed by atoms with Gasteiger partial charge in [0.25, 0.3) is 5.91 Å². The van der Waals surface area contributed by atoms with Crippen molar-refractivity contribution in [2.75, 3.05) is 27.4 Å². The maximum atomic E-state index is 12.9. The molecule has 3 rings (SSSR count). The molecule has 1 amide bonds. The Morgan fingerprint density at radius 2 is 1.96 bits per heavy atom. The molecule has 7 heteroatoms. The molecule has 2 aromatic carbocycles. The highest BCUT2D eigenvalue weighted by atomic mass is 32.2. The van der Waals surface area contributed by atoms with Gasteiger partial charge in [-0.3, -0.25) is 9.69 Å². The maximum Gasteiger partial charge on any atom is 0.266 e. The van der Waals surface area contributed by atoms with Crippen LogP contribution in [0.4, 0.5) is 5.69 Å². The minimum atomic E-state index is -0.126. The van der Waals surface area contributed by atoms with E-state index >= 15 is 0 Å². The quantitative estimate of drug-likeness (QED) is 0.770. The van der Waals surface area contributed by atoms with Gasteiger partial charge < -0.3 is 14.6 Å². The lowest BCUT2D eigenvalue weighted by molar-refractivity contribution is -0.122. The molecule has 0 aromatic heterocycles. The number of amidine groups is 1. The lowest BCUT2D eigenvalue weighted by Gasteiger charge is -2.14. The molecular formula is C20H20N2O4S. The van der Waals surface area contributed by atoms with Gasteiger partial charge in [-0.25, -0.2) is 4.99 Å². The monoisotopic (exact) mass is 384 g/mol. The normalized spacial score (nSPS) is 17.1. The first kappa shape index (κ1) is 19.0. The second kappa shape index (κ2) is 8.75. The Balaban J connectivity index is 1.93. The average molecular weight is 384 g/mol. The van der Waals surface area contributed by atoms with E-state index in [1.807, 2.05) is 30.3 Å². The number of carbonyl (C=O) groups excluding carboxylic acids is 1. The minimum Gasteiger partial charge on any atom is -0.504 e. The Hall–Kier alpha value is -2.77. The van der Waals surface area contributed by atoms with E-state index in [0.717, 1.165) is 11.3 Å². The summed E-state index contributed by atoms with van der Waals surface area (Å²) < 4.78 is 10.3. The zero-order chi connectivity index (χ0) is 19.2. The standard InChI is InChI=1S/C20H20N2O4S/c1-25-11-10-22-19(24)18(13-14-8-9-16(23)17(12-14)26-2)27-20(22)21-15-6-4-3-5-7-15/h3-9,12-13,23H,10-11H2,1-2H3/b18-13+,21-20?. The van der Waals surface area contributed by atoms with E-state index in [9.17, 15) is 9.90 Å². The molecule has 0 bridgehead atoms. The third kappa shape index (κ3) is 4.50. The first-order valence-corrected chi connectivity index (χ1v) is 9.15. The van der Waals surface area contributed by atoms with Gasteiger partial charge in [-0.2, -0.15) is 0 Å². The first-order valence-electron chi connectivity index (χ1n) is 8.33. The number of thioether (sulfide) groups is 1. The van der Waals surface area contributed by atoms with Crippen molar-refractivity contribution < 1.29 is 19.4 Å². The van der Waals surface area contributed by atoms with Crippen LogP contribution in [0.3, 0.4) is 0 Å². The van der Waals surface area contributed by atoms with Gasteiger partial charge in [0, 0.05) is 7.11 Å². The smallest absolute Gasteiger partial charge is 0.266 e. The van der Waals surface area contributed by atoms with Gasteiger partial charge in [0.1, 0.15) is 0 Å². The summed E-state index contributed by atoms with van der Waals surface area (Å²) in [5, 5.41) is 10.3. The van der Waals surface area contributed by atoms with E-state index in [2.05, 4.69) is 4.99 Å². The van der Waals surface area contributed by atoms with Gasteiger partial charge in [0.15, 0.2) is 16.7 Å². The molecule has 1 N–H and O–H groups in total. The van der Waals surface area contributed by atoms with Crippen molar-refractivity contribution in [3.63, 3.8) is 0 Å². The van der Waals surface area contributed by atoms with E-state index in [0.29, 0.717) is 29.0 Å². The highest BCUT2D eigenvalue weighted by Gasteiger charge is 2.33. The number of hydrogen-bond acceptors (Lipinski definition) is 6. The number of hydrogen-bond donors (Lipinski definition) is 1. The highest BCUT2D eigenvalue weighted by molar-refractivity contribution is 8.18. The number of methoxy groups -OCH3 is 2. The van der Waals surface area contributed by atoms with Gasteiger partial charge in [0.2, 0.25) is 0 Å². The molecule has 1 heterocycles. The number of aliphatic imine (C=N–C) groups is 1. The molecule has 1 aliphatic heterocycles. The molecule has 0 spiro atoms. The number of benzene rings is 2. The van der Waals surface area contributed by atoms with Crippen molar-refractivity contribution in [1.82, 2.24) is 4.90 Å². The van der Waals surface area contributed by atoms with Crippen molar-refractivity contribution in [2.24, 2.45) is 4.99 Å². The van der Waals surface area contributed by atoms with Crippen molar-refractivity contribution in [2.45, 2.75) is 0 Å². The SMILES string of the molecule is COCCN1C(=O)/C(=C\c2ccc(O)c(OC)c2)SC1=Nc1ccccc1. The molecule has 0 unspecified atom stereocenters. The number of aromatic hydroxyl groups is 1. The molecule has 1 saturated heterocycles. The van der Waals surface area contributed by atoms with Gasteiger partial charge in [-0.15, -0.1) is 0 Å². The van der Waals surface area contributed by atoms with Crippen molar-refractivity contribution in [1.29, 1.82) is 0 Å². The average Bonchev–Trinajstić information content (AvgIpc) is 2.97. The number of phenols is 1. The molecule has 2 aromatic rings. The zero-order valence-electron chi connectivity index (χ0n) is 15.1. The molecule has 6 nitrogen and oxygen atoms in total. The van der Waals surface area contributed by atoms with E-state index in [1.54, 1.807) is 30.2 Å². The Morgan fingerprint density at radius 1 is 1.19 bits per heavy atom. The molecule has 1 aliphatic rings. The third-order valence-corrected chi connectivity index (χ3v) is 4.90. The molecular weight excluding hydrogens is 364 g/mol. The molecule has 1 fully saturated rings. The number of rotatable bonds is 6. The Morgan fingerprint density at radius 3 is 2.67 bits per heavy atom. The summed E-state index contributed by atoms with van der Waals surface area (Å²) in [7, 11) is 3.08. The number of carbonyl (C=O) groups is 1. The number of nitrogens with zero attached hydrogens (tertiary/aromatic N) is 2. The van der Waals surface area contributed by atoms with E-state index in [4.69, 9.17) is 9.47 Å². The number of amides is 1. The second-order valence-corrected chi connectivity index (χ2v) is 6.73. The van der Waals surface area contributed by atoms with Crippen molar-refractivity contribution in [3.8, 4) is 11.5 Å². The molecule has 0 saturated carbocycles. The van der Waals surface area contributed by atoms with Crippen LogP contribution in [0.15, 0.2) is 58.4 Å². The fourth-order valence-electron chi connectivity index (χ4n) is 2.52. The van der Waals surface area contributed by atoms with Crippen LogP contribution < -0.4 is 4.74 Å². The van der Waals surface area contributed by atoms with Crippen molar-refractivity contribution >= 4 is 34.6 Å². The van der Waals surface area contributed by atoms with Crippen molar-refractivity contribution in [3.05, 3.63) is 59.0 Å². The zero-order valence-corrected chi connectivity index (χ0v) is 15.9. The Bertz CT molecular complexity index is 881. The lowest BCUT2D eigenvalue weighted by Crippen LogP contribution is -2.32. The molecule has 0 aliphatic carbocycles. The van der Waals surface area contributed by atoms with E-state index < -0.39 is 0 Å². The minimum absolute atomic E-state index is 0.0538. The fraction of sp³-hybridized carbons (Fsp3) is 0.200. The summed E-state index contributed by atoms with van der Waals surface area (Å²) in [5.74, 6) is 0.283. The molecule has 0 radical (unpaired) electrons. The summed E-state index contributed by atoms with van der Waals surface area (Å²) in [6.45, 7) is 0.838. The van der Waals surface area contributed by atoms with Crippen LogP contribution in [-0.2, 0) is 9.53 Å². The summed E-state index contributed by atoms with van der Waals surface area (Å²) in [6, 6.07) is 14.4. The lowest BCUT2D eigenvalue weighted by atomic mass is 10.2. The third-order valence-electron chi connectivity index (χ3n) is 3.89. The maximum absolute atomic E-state index is 12.9. The molecule has 140 valence electrons. The topological polar surface area (TPSA) is 71.4 Å². The van der Waals surface area contributed by atoms with Gasteiger partial charge in [-0.05, 0) is 47.7 Å². The van der Waals surface area contributed by atoms with Crippen LogP contribution in [0.25, 0.3) is 6.08 Å².